The van der Waals surface area contributed by atoms with Gasteiger partial charge in [-0.3, -0.25) is 14.9 Å². The molecule has 33 heavy (non-hydrogen) atoms. The molecule has 0 aliphatic rings. The molecule has 0 saturated heterocycles. The SMILES string of the molecule is Cc1onc(-c2ccccc2Cl)c1C(=O)Nc1ccccc1Sc1ccc(Cl)cc1[N+](=O)[O-]. The summed E-state index contributed by atoms with van der Waals surface area (Å²) < 4.78 is 5.28. The molecule has 7 nitrogen and oxygen atoms in total. The third kappa shape index (κ3) is 4.88. The minimum atomic E-state index is -0.494. The molecule has 0 spiro atoms. The number of nitro benzene ring substituents is 1. The van der Waals surface area contributed by atoms with Gasteiger partial charge in [0.05, 0.1) is 20.5 Å². The second-order valence-corrected chi connectivity index (χ2v) is 8.79. The molecule has 0 fully saturated rings. The second-order valence-electron chi connectivity index (χ2n) is 6.86. The maximum absolute atomic E-state index is 13.2. The molecule has 166 valence electrons. The van der Waals surface area contributed by atoms with Gasteiger partial charge in [0.1, 0.15) is 17.0 Å². The smallest absolute Gasteiger partial charge is 0.284 e. The summed E-state index contributed by atoms with van der Waals surface area (Å²) in [6, 6.07) is 18.5. The Balaban J connectivity index is 1.67. The number of hydrogen-bond donors (Lipinski definition) is 1. The van der Waals surface area contributed by atoms with Gasteiger partial charge in [-0.15, -0.1) is 0 Å². The first-order valence-corrected chi connectivity index (χ1v) is 11.2. The first kappa shape index (κ1) is 22.8. The van der Waals surface area contributed by atoms with Gasteiger partial charge in [-0.25, -0.2) is 0 Å². The number of aromatic nitrogens is 1. The van der Waals surface area contributed by atoms with E-state index in [-0.39, 0.29) is 16.3 Å². The molecular formula is C23H15Cl2N3O4S. The molecule has 3 aromatic carbocycles. The fourth-order valence-corrected chi connectivity index (χ4v) is 4.54. The summed E-state index contributed by atoms with van der Waals surface area (Å²) >= 11 is 13.4. The van der Waals surface area contributed by atoms with Crippen molar-refractivity contribution in [3.63, 3.8) is 0 Å². The molecule has 1 amide bonds. The Hall–Kier alpha value is -3.33. The molecular weight excluding hydrogens is 485 g/mol. The van der Waals surface area contributed by atoms with Crippen LogP contribution in [0.2, 0.25) is 10.0 Å². The number of hydrogen-bond acceptors (Lipinski definition) is 6. The average Bonchev–Trinajstić information content (AvgIpc) is 3.17. The lowest BCUT2D eigenvalue weighted by atomic mass is 10.1. The largest absolute Gasteiger partial charge is 0.360 e. The van der Waals surface area contributed by atoms with Crippen molar-refractivity contribution in [2.24, 2.45) is 0 Å². The summed E-state index contributed by atoms with van der Waals surface area (Å²) in [7, 11) is 0. The zero-order chi connectivity index (χ0) is 23.5. The van der Waals surface area contributed by atoms with E-state index in [0.717, 1.165) is 11.8 Å². The summed E-state index contributed by atoms with van der Waals surface area (Å²) in [6.45, 7) is 1.64. The zero-order valence-corrected chi connectivity index (χ0v) is 19.4. The van der Waals surface area contributed by atoms with Crippen LogP contribution < -0.4 is 5.32 Å². The lowest BCUT2D eigenvalue weighted by Crippen LogP contribution is -2.14. The lowest BCUT2D eigenvalue weighted by Gasteiger charge is -2.11. The van der Waals surface area contributed by atoms with Gasteiger partial charge >= 0.3 is 0 Å². The highest BCUT2D eigenvalue weighted by atomic mass is 35.5. The first-order chi connectivity index (χ1) is 15.8. The molecule has 4 aromatic rings. The van der Waals surface area contributed by atoms with Gasteiger partial charge in [0, 0.05) is 21.5 Å². The molecule has 1 heterocycles. The highest BCUT2D eigenvalue weighted by Crippen LogP contribution is 2.40. The number of nitrogens with zero attached hydrogens (tertiary/aromatic N) is 2. The highest BCUT2D eigenvalue weighted by molar-refractivity contribution is 7.99. The fourth-order valence-electron chi connectivity index (χ4n) is 3.16. The maximum Gasteiger partial charge on any atom is 0.284 e. The van der Waals surface area contributed by atoms with Gasteiger partial charge < -0.3 is 9.84 Å². The fraction of sp³-hybridized carbons (Fsp3) is 0.0435. The van der Waals surface area contributed by atoms with E-state index in [0.29, 0.717) is 37.5 Å². The quantitative estimate of drug-likeness (QED) is 0.221. The van der Waals surface area contributed by atoms with E-state index in [9.17, 15) is 14.9 Å². The molecule has 10 heteroatoms. The number of rotatable bonds is 6. The monoisotopic (exact) mass is 499 g/mol. The molecule has 1 N–H and O–H groups in total. The van der Waals surface area contributed by atoms with Crippen LogP contribution in [0.25, 0.3) is 11.3 Å². The predicted molar refractivity (Wildman–Crippen MR) is 128 cm³/mol. The molecule has 0 unspecified atom stereocenters. The summed E-state index contributed by atoms with van der Waals surface area (Å²) in [5.41, 5.74) is 1.50. The third-order valence-electron chi connectivity index (χ3n) is 4.69. The molecule has 1 aromatic heterocycles. The van der Waals surface area contributed by atoms with E-state index < -0.39 is 10.8 Å². The Labute approximate surface area is 202 Å². The van der Waals surface area contributed by atoms with Crippen molar-refractivity contribution in [1.82, 2.24) is 5.16 Å². The number of anilines is 1. The summed E-state index contributed by atoms with van der Waals surface area (Å²) in [5, 5.41) is 19.0. The van der Waals surface area contributed by atoms with Crippen molar-refractivity contribution in [2.75, 3.05) is 5.32 Å². The predicted octanol–water partition coefficient (Wildman–Crippen LogP) is 7.27. The van der Waals surface area contributed by atoms with E-state index in [1.165, 1.54) is 6.07 Å². The van der Waals surface area contributed by atoms with E-state index in [4.69, 9.17) is 27.7 Å². The lowest BCUT2D eigenvalue weighted by molar-refractivity contribution is -0.387. The van der Waals surface area contributed by atoms with Gasteiger partial charge in [0.15, 0.2) is 0 Å². The van der Waals surface area contributed by atoms with Crippen LogP contribution in [-0.4, -0.2) is 16.0 Å². The Morgan fingerprint density at radius 1 is 1.06 bits per heavy atom. The molecule has 0 atom stereocenters. The molecule has 0 bridgehead atoms. The van der Waals surface area contributed by atoms with E-state index >= 15 is 0 Å². The van der Waals surface area contributed by atoms with E-state index in [2.05, 4.69) is 10.5 Å². The second kappa shape index (κ2) is 9.66. The van der Waals surface area contributed by atoms with Crippen molar-refractivity contribution >= 4 is 52.2 Å². The highest BCUT2D eigenvalue weighted by Gasteiger charge is 2.24. The van der Waals surface area contributed by atoms with Crippen LogP contribution >= 0.6 is 35.0 Å². The van der Waals surface area contributed by atoms with Crippen LogP contribution in [0.15, 0.2) is 81.0 Å². The van der Waals surface area contributed by atoms with Gasteiger partial charge in [-0.2, -0.15) is 0 Å². The standard InChI is InChI=1S/C23H15Cl2N3O4S/c1-13-21(22(27-32-13)15-6-2-3-7-16(15)25)23(29)26-17-8-4-5-9-19(17)33-20-11-10-14(24)12-18(20)28(30)31/h2-12H,1H3,(H,26,29). The van der Waals surface area contributed by atoms with Crippen molar-refractivity contribution < 1.29 is 14.2 Å². The molecule has 0 saturated carbocycles. The normalized spacial score (nSPS) is 10.8. The van der Waals surface area contributed by atoms with Crippen molar-refractivity contribution in [3.05, 3.63) is 98.2 Å². The minimum Gasteiger partial charge on any atom is -0.360 e. The zero-order valence-electron chi connectivity index (χ0n) is 17.0. The van der Waals surface area contributed by atoms with Crippen LogP contribution in [0, 0.1) is 17.0 Å². The number of halogens is 2. The number of nitrogens with one attached hydrogen (secondary N) is 1. The number of carbonyl (C=O) groups is 1. The average molecular weight is 500 g/mol. The van der Waals surface area contributed by atoms with Crippen LogP contribution in [0.4, 0.5) is 11.4 Å². The Kier molecular flexibility index (Phi) is 6.69. The number of para-hydroxylation sites is 1. The maximum atomic E-state index is 13.2. The Morgan fingerprint density at radius 2 is 1.79 bits per heavy atom. The summed E-state index contributed by atoms with van der Waals surface area (Å²) in [6.07, 6.45) is 0. The molecule has 0 aliphatic carbocycles. The van der Waals surface area contributed by atoms with Crippen LogP contribution in [0.1, 0.15) is 16.1 Å². The first-order valence-electron chi connectivity index (χ1n) is 9.58. The number of amides is 1. The molecule has 0 aliphatic heterocycles. The number of nitro groups is 1. The van der Waals surface area contributed by atoms with Crippen LogP contribution in [0.5, 0.6) is 0 Å². The van der Waals surface area contributed by atoms with Crippen molar-refractivity contribution in [3.8, 4) is 11.3 Å². The van der Waals surface area contributed by atoms with Gasteiger partial charge in [0.2, 0.25) is 0 Å². The van der Waals surface area contributed by atoms with Crippen LogP contribution in [0.3, 0.4) is 0 Å². The number of aryl methyl sites for hydroxylation is 1. The number of benzene rings is 3. The Morgan fingerprint density at radius 3 is 2.55 bits per heavy atom. The summed E-state index contributed by atoms with van der Waals surface area (Å²) in [4.78, 5) is 25.2. The number of carbonyl (C=O) groups excluding carboxylic acids is 1. The molecule has 0 radical (unpaired) electrons. The van der Waals surface area contributed by atoms with Crippen molar-refractivity contribution in [2.45, 2.75) is 16.7 Å². The van der Waals surface area contributed by atoms with E-state index in [1.807, 2.05) is 0 Å². The third-order valence-corrected chi connectivity index (χ3v) is 6.40. The molecule has 4 rings (SSSR count). The summed E-state index contributed by atoms with van der Waals surface area (Å²) in [5.74, 6) is -0.108. The minimum absolute atomic E-state index is 0.121. The van der Waals surface area contributed by atoms with Crippen LogP contribution in [-0.2, 0) is 0 Å². The van der Waals surface area contributed by atoms with Gasteiger partial charge in [0.25, 0.3) is 11.6 Å². The van der Waals surface area contributed by atoms with E-state index in [1.54, 1.807) is 67.6 Å². The van der Waals surface area contributed by atoms with Crippen molar-refractivity contribution in [1.29, 1.82) is 0 Å². The Bertz CT molecular complexity index is 1370. The van der Waals surface area contributed by atoms with Gasteiger partial charge in [-0.1, -0.05) is 70.5 Å². The topological polar surface area (TPSA) is 98.3 Å². The van der Waals surface area contributed by atoms with Gasteiger partial charge in [-0.05, 0) is 37.3 Å².